The first-order chi connectivity index (χ1) is 10.6. The largest absolute Gasteiger partial charge is 0.639 e. The van der Waals surface area contributed by atoms with Crippen LogP contribution in [-0.2, 0) is 27.9 Å². The zero-order valence-corrected chi connectivity index (χ0v) is 15.3. The van der Waals surface area contributed by atoms with Crippen molar-refractivity contribution in [1.29, 1.82) is 0 Å². The summed E-state index contributed by atoms with van der Waals surface area (Å²) in [6, 6.07) is 0. The Labute approximate surface area is 140 Å². The molecule has 0 aromatic heterocycles. The fourth-order valence-electron chi connectivity index (χ4n) is 2.18. The molecular formula is C15H30B2O6. The molecule has 23 heavy (non-hydrogen) atoms. The molecule has 2 aliphatic rings. The summed E-state index contributed by atoms with van der Waals surface area (Å²) >= 11 is 0. The molecule has 132 valence electrons. The van der Waals surface area contributed by atoms with E-state index in [1.807, 2.05) is 0 Å². The lowest BCUT2D eigenvalue weighted by Gasteiger charge is -2.35. The van der Waals surface area contributed by atoms with E-state index in [1.165, 1.54) is 0 Å². The third-order valence-electron chi connectivity index (χ3n) is 3.66. The van der Waals surface area contributed by atoms with Crippen molar-refractivity contribution in [1.82, 2.24) is 0 Å². The minimum absolute atomic E-state index is 0.0436. The lowest BCUT2D eigenvalue weighted by Crippen LogP contribution is -2.45. The van der Waals surface area contributed by atoms with Crippen molar-refractivity contribution in [3.05, 3.63) is 0 Å². The van der Waals surface area contributed by atoms with Crippen LogP contribution in [0.15, 0.2) is 0 Å². The highest BCUT2D eigenvalue weighted by molar-refractivity contribution is 6.36. The minimum Gasteiger partial charge on any atom is -0.385 e. The SMILES string of the molecule is CC1(C)COB(OCC(C)(C)COB2OCC(C)(C)CO2)OC1. The second kappa shape index (κ2) is 7.42. The van der Waals surface area contributed by atoms with Crippen LogP contribution in [0.2, 0.25) is 0 Å². The van der Waals surface area contributed by atoms with Crippen LogP contribution in [0, 0.1) is 16.2 Å². The Hall–Kier alpha value is -0.110. The van der Waals surface area contributed by atoms with E-state index in [9.17, 15) is 0 Å². The van der Waals surface area contributed by atoms with Crippen LogP contribution < -0.4 is 0 Å². The van der Waals surface area contributed by atoms with E-state index in [-0.39, 0.29) is 16.2 Å². The first kappa shape index (κ1) is 19.2. The molecule has 0 spiro atoms. The maximum Gasteiger partial charge on any atom is 0.639 e. The van der Waals surface area contributed by atoms with Crippen molar-refractivity contribution >= 4 is 14.6 Å². The van der Waals surface area contributed by atoms with E-state index in [0.29, 0.717) is 39.6 Å². The molecule has 0 unspecified atom stereocenters. The zero-order chi connectivity index (χ0) is 17.1. The van der Waals surface area contributed by atoms with E-state index in [1.54, 1.807) is 0 Å². The van der Waals surface area contributed by atoms with Gasteiger partial charge in [0.05, 0.1) is 0 Å². The summed E-state index contributed by atoms with van der Waals surface area (Å²) in [5, 5.41) is 0. The van der Waals surface area contributed by atoms with Crippen LogP contribution >= 0.6 is 0 Å². The first-order valence-corrected chi connectivity index (χ1v) is 8.27. The Bertz CT molecular complexity index is 334. The quantitative estimate of drug-likeness (QED) is 0.697. The van der Waals surface area contributed by atoms with Crippen molar-refractivity contribution in [2.75, 3.05) is 39.6 Å². The van der Waals surface area contributed by atoms with E-state index in [0.717, 1.165) is 0 Å². The third kappa shape index (κ3) is 6.72. The predicted octanol–water partition coefficient (Wildman–Crippen LogP) is 2.16. The molecule has 2 fully saturated rings. The molecule has 2 heterocycles. The highest BCUT2D eigenvalue weighted by Gasteiger charge is 2.38. The Morgan fingerprint density at radius 3 is 1.35 bits per heavy atom. The van der Waals surface area contributed by atoms with E-state index < -0.39 is 14.6 Å². The molecule has 8 heteroatoms. The fourth-order valence-corrected chi connectivity index (χ4v) is 2.18. The molecule has 0 amide bonds. The van der Waals surface area contributed by atoms with Crippen LogP contribution in [0.3, 0.4) is 0 Å². The van der Waals surface area contributed by atoms with Gasteiger partial charge in [0.15, 0.2) is 0 Å². The molecule has 0 radical (unpaired) electrons. The van der Waals surface area contributed by atoms with Gasteiger partial charge in [-0.05, 0) is 0 Å². The average molecular weight is 328 g/mol. The minimum atomic E-state index is -0.592. The van der Waals surface area contributed by atoms with Crippen molar-refractivity contribution in [2.24, 2.45) is 16.2 Å². The summed E-state index contributed by atoms with van der Waals surface area (Å²) in [5.74, 6) is 0. The summed E-state index contributed by atoms with van der Waals surface area (Å²) in [4.78, 5) is 0. The Balaban J connectivity index is 1.65. The van der Waals surface area contributed by atoms with Crippen LogP contribution in [0.4, 0.5) is 0 Å². The van der Waals surface area contributed by atoms with E-state index in [4.69, 9.17) is 27.9 Å². The van der Waals surface area contributed by atoms with Gasteiger partial charge < -0.3 is 27.9 Å². The second-order valence-electron chi connectivity index (χ2n) is 8.94. The predicted molar refractivity (Wildman–Crippen MR) is 88.6 cm³/mol. The lowest BCUT2D eigenvalue weighted by atomic mass is 9.91. The van der Waals surface area contributed by atoms with Gasteiger partial charge in [-0.1, -0.05) is 41.5 Å². The van der Waals surface area contributed by atoms with E-state index >= 15 is 0 Å². The van der Waals surface area contributed by atoms with Gasteiger partial charge in [0.2, 0.25) is 0 Å². The Morgan fingerprint density at radius 1 is 0.739 bits per heavy atom. The van der Waals surface area contributed by atoms with Gasteiger partial charge in [-0.3, -0.25) is 0 Å². The van der Waals surface area contributed by atoms with Gasteiger partial charge >= 0.3 is 14.6 Å². The molecule has 6 nitrogen and oxygen atoms in total. The van der Waals surface area contributed by atoms with Gasteiger partial charge in [0, 0.05) is 55.9 Å². The lowest BCUT2D eigenvalue weighted by molar-refractivity contribution is -0.0470. The number of hydrogen-bond donors (Lipinski definition) is 0. The van der Waals surface area contributed by atoms with Gasteiger partial charge in [-0.2, -0.15) is 0 Å². The van der Waals surface area contributed by atoms with Crippen LogP contribution in [0.5, 0.6) is 0 Å². The van der Waals surface area contributed by atoms with Crippen molar-refractivity contribution in [3.63, 3.8) is 0 Å². The fraction of sp³-hybridized carbons (Fsp3) is 1.00. The van der Waals surface area contributed by atoms with Gasteiger partial charge in [0.1, 0.15) is 0 Å². The molecule has 2 aliphatic heterocycles. The molecular weight excluding hydrogens is 298 g/mol. The molecule has 2 saturated heterocycles. The first-order valence-electron chi connectivity index (χ1n) is 8.27. The monoisotopic (exact) mass is 328 g/mol. The normalized spacial score (nSPS) is 24.8. The molecule has 0 atom stereocenters. The molecule has 0 aromatic carbocycles. The highest BCUT2D eigenvalue weighted by Crippen LogP contribution is 2.25. The number of hydrogen-bond acceptors (Lipinski definition) is 6. The standard InChI is InChI=1S/C15H30B2O6/c1-13(2,7-18-16-20-9-14(3,4)10-21-16)8-19-17-22-11-15(5,6)12-23-17/h7-12H2,1-6H3. The summed E-state index contributed by atoms with van der Waals surface area (Å²) in [6.45, 7) is 16.0. The van der Waals surface area contributed by atoms with Gasteiger partial charge in [-0.25, -0.2) is 0 Å². The van der Waals surface area contributed by atoms with Gasteiger partial charge in [0.25, 0.3) is 0 Å². The molecule has 0 saturated carbocycles. The molecule has 0 aromatic rings. The Morgan fingerprint density at radius 2 is 1.04 bits per heavy atom. The average Bonchev–Trinajstić information content (AvgIpc) is 2.45. The smallest absolute Gasteiger partial charge is 0.385 e. The summed E-state index contributed by atoms with van der Waals surface area (Å²) < 4.78 is 33.7. The highest BCUT2D eigenvalue weighted by atomic mass is 16.7. The van der Waals surface area contributed by atoms with Crippen LogP contribution in [-0.4, -0.2) is 54.3 Å². The van der Waals surface area contributed by atoms with Crippen molar-refractivity contribution < 1.29 is 27.9 Å². The van der Waals surface area contributed by atoms with Crippen LogP contribution in [0.25, 0.3) is 0 Å². The third-order valence-corrected chi connectivity index (χ3v) is 3.66. The molecule has 0 bridgehead atoms. The maximum absolute atomic E-state index is 5.71. The molecule has 0 N–H and O–H groups in total. The summed E-state index contributed by atoms with van der Waals surface area (Å²) in [7, 11) is -1.18. The van der Waals surface area contributed by atoms with Crippen molar-refractivity contribution in [3.8, 4) is 0 Å². The van der Waals surface area contributed by atoms with Crippen LogP contribution in [0.1, 0.15) is 41.5 Å². The van der Waals surface area contributed by atoms with E-state index in [2.05, 4.69) is 41.5 Å². The summed E-state index contributed by atoms with van der Waals surface area (Å²) in [6.07, 6.45) is 0. The maximum atomic E-state index is 5.71. The van der Waals surface area contributed by atoms with Crippen molar-refractivity contribution in [2.45, 2.75) is 41.5 Å². The molecule has 2 rings (SSSR count). The molecule has 0 aliphatic carbocycles. The number of rotatable bonds is 6. The Kier molecular flexibility index (Phi) is 6.20. The summed E-state index contributed by atoms with van der Waals surface area (Å²) in [5.41, 5.74) is -0.108. The second-order valence-corrected chi connectivity index (χ2v) is 8.94. The zero-order valence-electron chi connectivity index (χ0n) is 15.3. The topological polar surface area (TPSA) is 55.4 Å². The van der Waals surface area contributed by atoms with Gasteiger partial charge in [-0.15, -0.1) is 0 Å².